The van der Waals surface area contributed by atoms with Crippen molar-refractivity contribution in [3.05, 3.63) is 33.6 Å². The van der Waals surface area contributed by atoms with Gasteiger partial charge in [0.05, 0.1) is 0 Å². The van der Waals surface area contributed by atoms with Crippen molar-refractivity contribution in [3.63, 3.8) is 0 Å². The monoisotopic (exact) mass is 267 g/mol. The highest BCUT2D eigenvalue weighted by atomic mass is 79.9. The molecule has 1 N–H and O–H groups in total. The number of benzene rings is 1. The summed E-state index contributed by atoms with van der Waals surface area (Å²) in [7, 11) is 0. The first-order valence-electron chi connectivity index (χ1n) is 4.75. The van der Waals surface area contributed by atoms with Gasteiger partial charge in [-0.05, 0) is 36.6 Å². The standard InChI is InChI=1S/C11H10BrNS/c12-8-2-1-7-5-11(9-3-4-13-9)14-10(7)6-8/h1-2,5-6,9,13H,3-4H2/t9-/m1/s1. The predicted octanol–water partition coefficient (Wildman–Crippen LogP) is 3.70. The first kappa shape index (κ1) is 8.89. The van der Waals surface area contributed by atoms with Crippen molar-refractivity contribution in [2.45, 2.75) is 12.5 Å². The van der Waals surface area contributed by atoms with Crippen LogP contribution in [0.25, 0.3) is 10.1 Å². The van der Waals surface area contributed by atoms with Gasteiger partial charge in [-0.25, -0.2) is 0 Å². The lowest BCUT2D eigenvalue weighted by Crippen LogP contribution is -2.34. The van der Waals surface area contributed by atoms with Crippen LogP contribution in [0.4, 0.5) is 0 Å². The summed E-state index contributed by atoms with van der Waals surface area (Å²) in [4.78, 5) is 1.48. The summed E-state index contributed by atoms with van der Waals surface area (Å²) >= 11 is 5.40. The summed E-state index contributed by atoms with van der Waals surface area (Å²) in [6.45, 7) is 1.17. The Morgan fingerprint density at radius 1 is 1.36 bits per heavy atom. The Kier molecular flexibility index (Phi) is 2.11. The molecule has 0 bridgehead atoms. The van der Waals surface area contributed by atoms with E-state index < -0.39 is 0 Å². The highest BCUT2D eigenvalue weighted by molar-refractivity contribution is 9.10. The Hall–Kier alpha value is -0.380. The van der Waals surface area contributed by atoms with E-state index >= 15 is 0 Å². The molecule has 0 unspecified atom stereocenters. The molecule has 2 aromatic rings. The van der Waals surface area contributed by atoms with E-state index in [-0.39, 0.29) is 0 Å². The fourth-order valence-electron chi connectivity index (χ4n) is 1.73. The summed E-state index contributed by atoms with van der Waals surface area (Å²) in [6, 6.07) is 9.41. The van der Waals surface area contributed by atoms with Crippen molar-refractivity contribution in [2.75, 3.05) is 6.54 Å². The van der Waals surface area contributed by atoms with Crippen molar-refractivity contribution >= 4 is 37.4 Å². The third-order valence-electron chi connectivity index (χ3n) is 2.67. The summed E-state index contributed by atoms with van der Waals surface area (Å²) in [5.74, 6) is 0. The summed E-state index contributed by atoms with van der Waals surface area (Å²) in [5, 5.41) is 4.80. The van der Waals surface area contributed by atoms with E-state index in [1.165, 1.54) is 32.4 Å². The zero-order chi connectivity index (χ0) is 9.54. The van der Waals surface area contributed by atoms with Gasteiger partial charge in [0.25, 0.3) is 0 Å². The second-order valence-corrected chi connectivity index (χ2v) is 5.66. The third-order valence-corrected chi connectivity index (χ3v) is 4.37. The van der Waals surface area contributed by atoms with Gasteiger partial charge >= 0.3 is 0 Å². The summed E-state index contributed by atoms with van der Waals surface area (Å²) in [6.07, 6.45) is 1.29. The van der Waals surface area contributed by atoms with Crippen LogP contribution in [0.15, 0.2) is 28.7 Å². The highest BCUT2D eigenvalue weighted by Gasteiger charge is 2.20. The van der Waals surface area contributed by atoms with Gasteiger partial charge in [0, 0.05) is 20.1 Å². The number of thiophene rings is 1. The number of hydrogen-bond donors (Lipinski definition) is 1. The Balaban J connectivity index is 2.10. The van der Waals surface area contributed by atoms with E-state index in [1.807, 2.05) is 11.3 Å². The Bertz CT molecular complexity index is 473. The van der Waals surface area contributed by atoms with E-state index in [0.717, 1.165) is 0 Å². The highest BCUT2D eigenvalue weighted by Crippen LogP contribution is 2.34. The molecular formula is C11H10BrNS. The minimum atomic E-state index is 0.617. The molecule has 1 aliphatic rings. The minimum absolute atomic E-state index is 0.617. The van der Waals surface area contributed by atoms with Crippen molar-refractivity contribution in [1.82, 2.24) is 5.32 Å². The van der Waals surface area contributed by atoms with Crippen molar-refractivity contribution in [1.29, 1.82) is 0 Å². The Morgan fingerprint density at radius 2 is 2.21 bits per heavy atom. The molecule has 0 spiro atoms. The molecule has 1 atom stereocenters. The number of halogens is 1. The normalized spacial score (nSPS) is 21.1. The SMILES string of the molecule is Brc1ccc2cc([C@H]3CCN3)sc2c1. The van der Waals surface area contributed by atoms with Gasteiger partial charge < -0.3 is 5.32 Å². The third kappa shape index (κ3) is 1.40. The average Bonchev–Trinajstić information content (AvgIpc) is 2.43. The zero-order valence-corrected chi connectivity index (χ0v) is 9.99. The van der Waals surface area contributed by atoms with Crippen LogP contribution in [-0.2, 0) is 0 Å². The molecule has 2 heterocycles. The zero-order valence-electron chi connectivity index (χ0n) is 7.59. The molecule has 14 heavy (non-hydrogen) atoms. The van der Waals surface area contributed by atoms with Crippen molar-refractivity contribution in [2.24, 2.45) is 0 Å². The smallest absolute Gasteiger partial charge is 0.0427 e. The average molecular weight is 268 g/mol. The van der Waals surface area contributed by atoms with E-state index in [1.54, 1.807) is 0 Å². The fourth-order valence-corrected chi connectivity index (χ4v) is 3.46. The summed E-state index contributed by atoms with van der Waals surface area (Å²) < 4.78 is 2.54. The van der Waals surface area contributed by atoms with Crippen LogP contribution in [0.2, 0.25) is 0 Å². The first-order chi connectivity index (χ1) is 6.83. The lowest BCUT2D eigenvalue weighted by molar-refractivity contribution is 0.389. The molecule has 1 nitrogen and oxygen atoms in total. The van der Waals surface area contributed by atoms with E-state index in [4.69, 9.17) is 0 Å². The van der Waals surface area contributed by atoms with E-state index in [0.29, 0.717) is 6.04 Å². The molecule has 3 heteroatoms. The van der Waals surface area contributed by atoms with Gasteiger partial charge in [0.1, 0.15) is 0 Å². The molecule has 1 aliphatic heterocycles. The fraction of sp³-hybridized carbons (Fsp3) is 0.273. The molecular weight excluding hydrogens is 258 g/mol. The van der Waals surface area contributed by atoms with Gasteiger partial charge in [-0.3, -0.25) is 0 Å². The van der Waals surface area contributed by atoms with Gasteiger partial charge in [-0.1, -0.05) is 22.0 Å². The lowest BCUT2D eigenvalue weighted by Gasteiger charge is -2.26. The predicted molar refractivity (Wildman–Crippen MR) is 64.9 cm³/mol. The molecule has 1 aromatic carbocycles. The number of nitrogens with one attached hydrogen (secondary N) is 1. The second kappa shape index (κ2) is 3.33. The van der Waals surface area contributed by atoms with Crippen LogP contribution < -0.4 is 5.32 Å². The first-order valence-corrected chi connectivity index (χ1v) is 6.36. The molecule has 1 fully saturated rings. The van der Waals surface area contributed by atoms with Crippen LogP contribution in [0.3, 0.4) is 0 Å². The van der Waals surface area contributed by atoms with Crippen LogP contribution >= 0.6 is 27.3 Å². The van der Waals surface area contributed by atoms with Gasteiger partial charge in [0.2, 0.25) is 0 Å². The molecule has 1 aromatic heterocycles. The van der Waals surface area contributed by atoms with Gasteiger partial charge in [-0.2, -0.15) is 0 Å². The molecule has 0 aliphatic carbocycles. The lowest BCUT2D eigenvalue weighted by atomic mass is 10.1. The second-order valence-electron chi connectivity index (χ2n) is 3.63. The summed E-state index contributed by atoms with van der Waals surface area (Å²) in [5.41, 5.74) is 0. The van der Waals surface area contributed by atoms with E-state index in [2.05, 4.69) is 45.5 Å². The minimum Gasteiger partial charge on any atom is -0.309 e. The topological polar surface area (TPSA) is 12.0 Å². The van der Waals surface area contributed by atoms with Crippen LogP contribution in [0, 0.1) is 0 Å². The number of hydrogen-bond acceptors (Lipinski definition) is 2. The van der Waals surface area contributed by atoms with Crippen LogP contribution in [0.5, 0.6) is 0 Å². The maximum Gasteiger partial charge on any atom is 0.0427 e. The van der Waals surface area contributed by atoms with Gasteiger partial charge in [-0.15, -0.1) is 11.3 Å². The van der Waals surface area contributed by atoms with Crippen molar-refractivity contribution < 1.29 is 0 Å². The maximum absolute atomic E-state index is 3.50. The number of rotatable bonds is 1. The Morgan fingerprint density at radius 3 is 2.93 bits per heavy atom. The molecule has 1 saturated heterocycles. The van der Waals surface area contributed by atoms with E-state index in [9.17, 15) is 0 Å². The van der Waals surface area contributed by atoms with Crippen LogP contribution in [-0.4, -0.2) is 6.54 Å². The van der Waals surface area contributed by atoms with Gasteiger partial charge in [0.15, 0.2) is 0 Å². The maximum atomic E-state index is 3.50. The molecule has 0 radical (unpaired) electrons. The molecule has 0 saturated carbocycles. The molecule has 3 rings (SSSR count). The van der Waals surface area contributed by atoms with Crippen molar-refractivity contribution in [3.8, 4) is 0 Å². The quantitative estimate of drug-likeness (QED) is 0.831. The number of fused-ring (bicyclic) bond motifs is 1. The largest absolute Gasteiger partial charge is 0.309 e. The molecule has 0 amide bonds. The van der Waals surface area contributed by atoms with Crippen LogP contribution in [0.1, 0.15) is 17.3 Å². The Labute approximate surface area is 95.3 Å². The molecule has 72 valence electrons.